The summed E-state index contributed by atoms with van der Waals surface area (Å²) in [5.74, 6) is -1.24. The quantitative estimate of drug-likeness (QED) is 0.831. The zero-order valence-electron chi connectivity index (χ0n) is 14.4. The minimum absolute atomic E-state index is 0.347. The number of carbonyl (C=O) groups is 2. The molecule has 0 aliphatic carbocycles. The molecule has 25 heavy (non-hydrogen) atoms. The SMILES string of the molecule is Cc1cccc(C(NC(=O)c2cccc(CS(C)=O)c2)C(=O)O)c1C. The van der Waals surface area contributed by atoms with Crippen molar-refractivity contribution >= 4 is 22.7 Å². The lowest BCUT2D eigenvalue weighted by molar-refractivity contribution is -0.139. The van der Waals surface area contributed by atoms with E-state index in [9.17, 15) is 18.9 Å². The number of aliphatic carboxylic acids is 1. The number of aryl methyl sites for hydroxylation is 1. The summed E-state index contributed by atoms with van der Waals surface area (Å²) in [6.45, 7) is 3.73. The number of amides is 1. The molecule has 0 aliphatic heterocycles. The molecule has 0 fully saturated rings. The van der Waals surface area contributed by atoms with Gasteiger partial charge in [0, 0.05) is 28.4 Å². The number of carbonyl (C=O) groups excluding carboxylic acids is 1. The summed E-state index contributed by atoms with van der Waals surface area (Å²) in [6, 6.07) is 11.0. The standard InChI is InChI=1S/C19H21NO4S/c1-12-6-4-9-16(13(12)2)17(19(22)23)20-18(21)15-8-5-7-14(10-15)11-25(3)24/h4-10,17H,11H2,1-3H3,(H,20,21)(H,22,23). The Morgan fingerprint density at radius 3 is 2.48 bits per heavy atom. The Kier molecular flexibility index (Phi) is 6.09. The lowest BCUT2D eigenvalue weighted by Gasteiger charge is -2.18. The summed E-state index contributed by atoms with van der Waals surface area (Å²) >= 11 is 0. The van der Waals surface area contributed by atoms with E-state index in [4.69, 9.17) is 0 Å². The molecule has 6 heteroatoms. The molecule has 2 rings (SSSR count). The molecule has 2 unspecified atom stereocenters. The van der Waals surface area contributed by atoms with Crippen molar-refractivity contribution in [3.63, 3.8) is 0 Å². The minimum Gasteiger partial charge on any atom is -0.479 e. The maximum Gasteiger partial charge on any atom is 0.330 e. The van der Waals surface area contributed by atoms with Crippen molar-refractivity contribution in [3.8, 4) is 0 Å². The van der Waals surface area contributed by atoms with E-state index in [1.165, 1.54) is 0 Å². The van der Waals surface area contributed by atoms with Gasteiger partial charge in [0.05, 0.1) is 0 Å². The fourth-order valence-corrected chi connectivity index (χ4v) is 3.26. The van der Waals surface area contributed by atoms with E-state index in [-0.39, 0.29) is 0 Å². The van der Waals surface area contributed by atoms with Gasteiger partial charge in [-0.05, 0) is 48.2 Å². The Morgan fingerprint density at radius 1 is 1.16 bits per heavy atom. The fraction of sp³-hybridized carbons (Fsp3) is 0.263. The van der Waals surface area contributed by atoms with E-state index in [0.29, 0.717) is 16.9 Å². The van der Waals surface area contributed by atoms with Crippen molar-refractivity contribution in [3.05, 3.63) is 70.3 Å². The van der Waals surface area contributed by atoms with Gasteiger partial charge >= 0.3 is 5.97 Å². The van der Waals surface area contributed by atoms with Crippen molar-refractivity contribution in [1.82, 2.24) is 5.32 Å². The normalized spacial score (nSPS) is 13.1. The lowest BCUT2D eigenvalue weighted by Crippen LogP contribution is -2.34. The molecule has 0 bridgehead atoms. The Morgan fingerprint density at radius 2 is 1.84 bits per heavy atom. The van der Waals surface area contributed by atoms with Gasteiger partial charge in [-0.15, -0.1) is 0 Å². The second-order valence-corrected chi connectivity index (χ2v) is 7.39. The number of carboxylic acids is 1. The second kappa shape index (κ2) is 8.07. The first-order valence-corrected chi connectivity index (χ1v) is 9.51. The molecular formula is C19H21NO4S. The van der Waals surface area contributed by atoms with Crippen LogP contribution in [0.3, 0.4) is 0 Å². The summed E-state index contributed by atoms with van der Waals surface area (Å²) in [7, 11) is -1.02. The molecule has 5 nitrogen and oxygen atoms in total. The predicted molar refractivity (Wildman–Crippen MR) is 98.0 cm³/mol. The molecule has 0 spiro atoms. The maximum absolute atomic E-state index is 12.5. The van der Waals surface area contributed by atoms with Crippen LogP contribution in [0.4, 0.5) is 0 Å². The number of carboxylic acid groups (broad SMARTS) is 1. The van der Waals surface area contributed by atoms with E-state index in [2.05, 4.69) is 5.32 Å². The van der Waals surface area contributed by atoms with Gasteiger partial charge in [0.1, 0.15) is 0 Å². The van der Waals surface area contributed by atoms with Crippen molar-refractivity contribution in [2.24, 2.45) is 0 Å². The van der Waals surface area contributed by atoms with Crippen molar-refractivity contribution in [2.75, 3.05) is 6.26 Å². The first-order chi connectivity index (χ1) is 11.8. The highest BCUT2D eigenvalue weighted by molar-refractivity contribution is 7.83. The number of nitrogens with one attached hydrogen (secondary N) is 1. The number of benzene rings is 2. The summed E-state index contributed by atoms with van der Waals surface area (Å²) in [6.07, 6.45) is 1.59. The summed E-state index contributed by atoms with van der Waals surface area (Å²) < 4.78 is 11.3. The van der Waals surface area contributed by atoms with Crippen LogP contribution in [0.5, 0.6) is 0 Å². The third-order valence-corrected chi connectivity index (χ3v) is 4.78. The average molecular weight is 359 g/mol. The first kappa shape index (κ1) is 18.9. The molecule has 0 heterocycles. The van der Waals surface area contributed by atoms with E-state index >= 15 is 0 Å². The Labute approximate surface area is 149 Å². The van der Waals surface area contributed by atoms with Gasteiger partial charge in [-0.2, -0.15) is 0 Å². The molecule has 1 amide bonds. The van der Waals surface area contributed by atoms with Crippen LogP contribution < -0.4 is 5.32 Å². The second-order valence-electron chi connectivity index (χ2n) is 5.95. The van der Waals surface area contributed by atoms with Gasteiger partial charge in [0.15, 0.2) is 6.04 Å². The van der Waals surface area contributed by atoms with E-state index in [1.54, 1.807) is 42.7 Å². The van der Waals surface area contributed by atoms with Crippen LogP contribution in [0, 0.1) is 13.8 Å². The van der Waals surface area contributed by atoms with Crippen molar-refractivity contribution in [2.45, 2.75) is 25.6 Å². The first-order valence-electron chi connectivity index (χ1n) is 7.78. The van der Waals surface area contributed by atoms with Crippen LogP contribution in [0.1, 0.15) is 38.7 Å². The van der Waals surface area contributed by atoms with Gasteiger partial charge in [0.2, 0.25) is 0 Å². The van der Waals surface area contributed by atoms with Crippen LogP contribution in [0.2, 0.25) is 0 Å². The van der Waals surface area contributed by atoms with Crippen LogP contribution in [0.25, 0.3) is 0 Å². The largest absolute Gasteiger partial charge is 0.479 e. The highest BCUT2D eigenvalue weighted by Crippen LogP contribution is 2.21. The summed E-state index contributed by atoms with van der Waals surface area (Å²) in [4.78, 5) is 24.2. The molecule has 0 radical (unpaired) electrons. The zero-order valence-corrected chi connectivity index (χ0v) is 15.2. The highest BCUT2D eigenvalue weighted by atomic mass is 32.2. The molecule has 0 aromatic heterocycles. The molecule has 0 saturated carbocycles. The van der Waals surface area contributed by atoms with Crippen LogP contribution in [0.15, 0.2) is 42.5 Å². The van der Waals surface area contributed by atoms with E-state index in [1.807, 2.05) is 19.9 Å². The van der Waals surface area contributed by atoms with Gasteiger partial charge in [0.25, 0.3) is 5.91 Å². The monoisotopic (exact) mass is 359 g/mol. The molecule has 2 atom stereocenters. The van der Waals surface area contributed by atoms with Crippen LogP contribution in [-0.4, -0.2) is 27.4 Å². The third kappa shape index (κ3) is 4.76. The Hall–Kier alpha value is -2.47. The maximum atomic E-state index is 12.5. The molecule has 0 aliphatic rings. The Balaban J connectivity index is 2.28. The third-order valence-electron chi connectivity index (χ3n) is 4.04. The molecular weight excluding hydrogens is 338 g/mol. The molecule has 132 valence electrons. The van der Waals surface area contributed by atoms with Gasteiger partial charge in [-0.1, -0.05) is 30.3 Å². The molecule has 0 saturated heterocycles. The number of hydrogen-bond donors (Lipinski definition) is 2. The van der Waals surface area contributed by atoms with Crippen molar-refractivity contribution in [1.29, 1.82) is 0 Å². The van der Waals surface area contributed by atoms with E-state index in [0.717, 1.165) is 16.7 Å². The average Bonchev–Trinajstić information content (AvgIpc) is 2.54. The van der Waals surface area contributed by atoms with Crippen LogP contribution in [-0.2, 0) is 21.3 Å². The summed E-state index contributed by atoms with van der Waals surface area (Å²) in [5.41, 5.74) is 3.48. The Bertz CT molecular complexity index is 832. The molecule has 2 aromatic carbocycles. The highest BCUT2D eigenvalue weighted by Gasteiger charge is 2.24. The number of hydrogen-bond acceptors (Lipinski definition) is 3. The van der Waals surface area contributed by atoms with E-state index < -0.39 is 28.7 Å². The predicted octanol–water partition coefficient (Wildman–Crippen LogP) is 2.74. The lowest BCUT2D eigenvalue weighted by atomic mass is 9.97. The van der Waals surface area contributed by atoms with Crippen molar-refractivity contribution < 1.29 is 18.9 Å². The molecule has 2 N–H and O–H groups in total. The smallest absolute Gasteiger partial charge is 0.330 e. The summed E-state index contributed by atoms with van der Waals surface area (Å²) in [5, 5.41) is 12.1. The topological polar surface area (TPSA) is 83.5 Å². The zero-order chi connectivity index (χ0) is 18.6. The van der Waals surface area contributed by atoms with Gasteiger partial charge in [-0.3, -0.25) is 9.00 Å². The minimum atomic E-state index is -1.13. The van der Waals surface area contributed by atoms with Gasteiger partial charge in [-0.25, -0.2) is 4.79 Å². The van der Waals surface area contributed by atoms with Gasteiger partial charge < -0.3 is 10.4 Å². The van der Waals surface area contributed by atoms with Crippen LogP contribution >= 0.6 is 0 Å². The fourth-order valence-electron chi connectivity index (χ4n) is 2.61. The molecule has 2 aromatic rings. The number of rotatable bonds is 6.